The van der Waals surface area contributed by atoms with Gasteiger partial charge in [-0.15, -0.1) is 0 Å². The molecule has 0 aromatic carbocycles. The van der Waals surface area contributed by atoms with Crippen LogP contribution in [0.4, 0.5) is 0 Å². The maximum atomic E-state index is 14.9. The van der Waals surface area contributed by atoms with Gasteiger partial charge in [0.15, 0.2) is 24.1 Å². The zero-order valence-electron chi connectivity index (χ0n) is 36.7. The summed E-state index contributed by atoms with van der Waals surface area (Å²) in [6.07, 6.45) is -7.69. The maximum Gasteiger partial charge on any atom is 0.308 e. The number of methoxy groups -OCH3 is 1. The number of fused-ring (bicyclic) bond motifs is 4. The molecular weight excluding hydrogens is 820 g/mol. The minimum atomic E-state index is -3.00. The Hall–Kier alpha value is -4.59. The minimum Gasteiger partial charge on any atom is -0.472 e. The van der Waals surface area contributed by atoms with Crippen molar-refractivity contribution in [1.29, 1.82) is 0 Å². The number of hydrogen-bond donors (Lipinski definition) is 2. The maximum absolute atomic E-state index is 14.9. The van der Waals surface area contributed by atoms with E-state index in [1.807, 2.05) is 0 Å². The average molecular weight is 877 g/mol. The number of aliphatic hydroxyl groups is 2. The van der Waals surface area contributed by atoms with E-state index >= 15 is 0 Å². The fourth-order valence-corrected chi connectivity index (χ4v) is 13.4. The van der Waals surface area contributed by atoms with E-state index in [1.165, 1.54) is 18.6 Å². The van der Waals surface area contributed by atoms with Crippen LogP contribution in [-0.4, -0.2) is 118 Å². The number of ether oxygens (including phenoxy) is 9. The summed E-state index contributed by atoms with van der Waals surface area (Å²) in [5, 5.41) is 29.1. The summed E-state index contributed by atoms with van der Waals surface area (Å²) < 4.78 is 62.3. The van der Waals surface area contributed by atoms with Crippen molar-refractivity contribution in [1.82, 2.24) is 0 Å². The Morgan fingerprint density at radius 3 is 2.06 bits per heavy atom. The third kappa shape index (κ3) is 5.39. The van der Waals surface area contributed by atoms with Crippen LogP contribution >= 0.6 is 0 Å². The van der Waals surface area contributed by atoms with E-state index in [-0.39, 0.29) is 18.4 Å². The summed E-state index contributed by atoms with van der Waals surface area (Å²) in [5.41, 5.74) is -16.6. The Morgan fingerprint density at radius 2 is 1.55 bits per heavy atom. The largest absolute Gasteiger partial charge is 0.472 e. The van der Waals surface area contributed by atoms with Crippen LogP contribution in [0.3, 0.4) is 0 Å². The first kappa shape index (κ1) is 45.4. The highest BCUT2D eigenvalue weighted by Gasteiger charge is 3.05. The van der Waals surface area contributed by atoms with Gasteiger partial charge in [-0.3, -0.25) is 33.6 Å². The van der Waals surface area contributed by atoms with Crippen molar-refractivity contribution < 1.29 is 90.8 Å². The average Bonchev–Trinajstić information content (AvgIpc) is 3.98. The first-order valence-electron chi connectivity index (χ1n) is 20.8. The van der Waals surface area contributed by atoms with Crippen molar-refractivity contribution in [3.63, 3.8) is 0 Å². The fraction of sp³-hybridized carbons (Fsp3) is 0.744. The van der Waals surface area contributed by atoms with E-state index in [4.69, 9.17) is 47.0 Å². The predicted molar refractivity (Wildman–Crippen MR) is 203 cm³/mol. The lowest BCUT2D eigenvalue weighted by atomic mass is 9.32. The molecule has 2 N–H and O–H groups in total. The summed E-state index contributed by atoms with van der Waals surface area (Å²) in [7, 11) is 1.11. The molecule has 15 unspecified atom stereocenters. The Bertz CT molecular complexity index is 2070. The predicted octanol–water partition coefficient (Wildman–Crippen LogP) is 2.55. The summed E-state index contributed by atoms with van der Waals surface area (Å²) in [6.45, 7) is 12.4. The monoisotopic (exact) mass is 876 g/mol. The zero-order chi connectivity index (χ0) is 46.0. The van der Waals surface area contributed by atoms with Crippen molar-refractivity contribution in [2.75, 3.05) is 13.7 Å². The van der Waals surface area contributed by atoms with Crippen LogP contribution in [0.15, 0.2) is 23.0 Å². The van der Waals surface area contributed by atoms with Gasteiger partial charge in [0, 0.05) is 64.4 Å². The van der Waals surface area contributed by atoms with Gasteiger partial charge in [0.1, 0.15) is 35.6 Å². The zero-order valence-corrected chi connectivity index (χ0v) is 36.7. The molecule has 1 aromatic heterocycles. The van der Waals surface area contributed by atoms with E-state index < -0.39 is 154 Å². The Kier molecular flexibility index (Phi) is 10.6. The highest BCUT2D eigenvalue weighted by atomic mass is 16.8. The van der Waals surface area contributed by atoms with E-state index in [0.29, 0.717) is 0 Å². The molecule has 62 heavy (non-hydrogen) atoms. The Labute approximate surface area is 357 Å². The first-order chi connectivity index (χ1) is 28.8. The molecule has 1 aromatic rings. The van der Waals surface area contributed by atoms with Crippen LogP contribution in [-0.2, 0) is 76.2 Å². The second-order valence-electron chi connectivity index (χ2n) is 18.6. The van der Waals surface area contributed by atoms with E-state index in [9.17, 15) is 43.8 Å². The van der Waals surface area contributed by atoms with Gasteiger partial charge < -0.3 is 57.3 Å². The number of furan rings is 1. The van der Waals surface area contributed by atoms with Gasteiger partial charge in [-0.25, -0.2) is 0 Å². The van der Waals surface area contributed by atoms with Crippen LogP contribution in [0.2, 0.25) is 0 Å². The molecule has 2 saturated heterocycles. The lowest BCUT2D eigenvalue weighted by molar-refractivity contribution is -0.447. The van der Waals surface area contributed by atoms with Gasteiger partial charge in [0.05, 0.1) is 36.4 Å². The third-order valence-electron chi connectivity index (χ3n) is 15.2. The lowest BCUT2D eigenvalue weighted by Gasteiger charge is -2.77. The number of esters is 7. The van der Waals surface area contributed by atoms with Gasteiger partial charge in [-0.05, 0) is 24.8 Å². The second-order valence-corrected chi connectivity index (χ2v) is 18.6. The molecule has 4 aliphatic carbocycles. The molecule has 342 valence electrons. The molecule has 4 bridgehead atoms. The Morgan fingerprint density at radius 1 is 0.887 bits per heavy atom. The molecule has 0 radical (unpaired) electrons. The third-order valence-corrected chi connectivity index (χ3v) is 15.2. The van der Waals surface area contributed by atoms with Gasteiger partial charge >= 0.3 is 41.8 Å². The topological polar surface area (TPSA) is 256 Å². The normalized spacial score (nSPS) is 43.3. The van der Waals surface area contributed by atoms with Crippen LogP contribution in [0, 0.1) is 34.0 Å². The van der Waals surface area contributed by atoms with Crippen molar-refractivity contribution in [3.05, 3.63) is 24.2 Å². The molecular formula is C43H56O19. The smallest absolute Gasteiger partial charge is 0.308 e. The molecule has 19 nitrogen and oxygen atoms in total. The van der Waals surface area contributed by atoms with Gasteiger partial charge in [0.25, 0.3) is 0 Å². The van der Waals surface area contributed by atoms with Crippen LogP contribution in [0.5, 0.6) is 0 Å². The second kappa shape index (κ2) is 14.5. The fourth-order valence-electron chi connectivity index (χ4n) is 13.4. The molecule has 2 aliphatic heterocycles. The SMILES string of the molecule is CCC12CC3C(C)(C(OC(C)=O)c4ccoc4)C(OC(=O)C(C)C)C(OC(C)=O)C4(O)C3(O1)C(O2)C1(OC(C)=O)C(OC(C)=O)C2(C)CC1(O)C4(COC(C)=O)C2CC(=O)OC. The molecule has 15 atom stereocenters. The number of hydrogen-bond acceptors (Lipinski definition) is 19. The highest BCUT2D eigenvalue weighted by Crippen LogP contribution is 2.87. The van der Waals surface area contributed by atoms with Gasteiger partial charge in [0.2, 0.25) is 5.60 Å². The summed E-state index contributed by atoms with van der Waals surface area (Å²) in [5.74, 6) is -11.7. The van der Waals surface area contributed by atoms with Crippen LogP contribution in [0.25, 0.3) is 0 Å². The molecule has 0 amide bonds. The van der Waals surface area contributed by atoms with Crippen molar-refractivity contribution in [2.24, 2.45) is 34.0 Å². The van der Waals surface area contributed by atoms with Gasteiger partial charge in [-0.2, -0.15) is 0 Å². The molecule has 4 saturated carbocycles. The van der Waals surface area contributed by atoms with Crippen LogP contribution in [0.1, 0.15) is 107 Å². The van der Waals surface area contributed by atoms with E-state index in [2.05, 4.69) is 0 Å². The van der Waals surface area contributed by atoms with Crippen LogP contribution < -0.4 is 0 Å². The first-order valence-corrected chi connectivity index (χ1v) is 20.8. The molecule has 19 heteroatoms. The van der Waals surface area contributed by atoms with E-state index in [1.54, 1.807) is 34.6 Å². The standard InChI is InChI=1S/C43H56O19/c1-12-38-16-28-37(10,30(56-22(5)45)26-13-14-54-17-26)31(59-33(50)20(2)3)32(57-23(6)46)43(52)39(19-55-21(4)44)27(15-29(49)53-11)36(9)18-40(39,51)42(60-25(8)48,34(36)58-24(7)47)35(61-38)41(28,43)62-38/h13-14,17,20,27-28,30-32,34-35,51-52H,12,15-16,18-19H2,1-11H3. The van der Waals surface area contributed by atoms with Crippen molar-refractivity contribution in [2.45, 2.75) is 154 Å². The quantitative estimate of drug-likeness (QED) is 0.213. The Balaban J connectivity index is 1.73. The molecule has 6 aliphatic rings. The summed E-state index contributed by atoms with van der Waals surface area (Å²) >= 11 is 0. The molecule has 1 spiro atoms. The number of carbonyl (C=O) groups is 7. The number of rotatable bonds is 13. The van der Waals surface area contributed by atoms with Crippen molar-refractivity contribution >= 4 is 41.8 Å². The van der Waals surface area contributed by atoms with E-state index in [0.717, 1.165) is 41.7 Å². The summed E-state index contributed by atoms with van der Waals surface area (Å²) in [4.78, 5) is 95.2. The van der Waals surface area contributed by atoms with Gasteiger partial charge in [-0.1, -0.05) is 34.6 Å². The summed E-state index contributed by atoms with van der Waals surface area (Å²) in [6, 6.07) is 1.51. The molecule has 6 fully saturated rings. The highest BCUT2D eigenvalue weighted by molar-refractivity contribution is 5.75. The molecule has 3 heterocycles. The molecule has 7 rings (SSSR count). The number of carbonyl (C=O) groups excluding carboxylic acids is 7. The minimum absolute atomic E-state index is 0.0130. The lowest BCUT2D eigenvalue weighted by Crippen LogP contribution is -2.97. The van der Waals surface area contributed by atoms with Crippen molar-refractivity contribution in [3.8, 4) is 0 Å².